The van der Waals surface area contributed by atoms with Gasteiger partial charge in [0, 0.05) is 50.6 Å². The van der Waals surface area contributed by atoms with Crippen LogP contribution in [0.1, 0.15) is 6.42 Å². The smallest absolute Gasteiger partial charge is 0.193 e. The maximum atomic E-state index is 12.7. The second kappa shape index (κ2) is 9.41. The first kappa shape index (κ1) is 21.2. The number of nitrogens with one attached hydrogen (secondary N) is 1. The summed E-state index contributed by atoms with van der Waals surface area (Å²) in [7, 11) is 3.68. The van der Waals surface area contributed by atoms with Gasteiger partial charge in [0.25, 0.3) is 0 Å². The standard InChI is InChI=1S/C24H29N3O4/c1-26-10-12-27(13-11-26)9-6-14-31-21-16-20(29)22-19(28)15-18(17-7-4-3-5-8-17)25-23(22)24(21)30-2/h3-5,7-8,15-16,29H,6,9-14H2,1-2H3,(H,25,28). The van der Waals surface area contributed by atoms with Gasteiger partial charge in [-0.3, -0.25) is 4.79 Å². The first-order valence-electron chi connectivity index (χ1n) is 10.6. The van der Waals surface area contributed by atoms with Crippen molar-refractivity contribution in [3.05, 3.63) is 52.7 Å². The molecule has 0 bridgehead atoms. The number of fused-ring (bicyclic) bond motifs is 1. The molecule has 7 heteroatoms. The van der Waals surface area contributed by atoms with Crippen molar-refractivity contribution in [2.75, 3.05) is 53.5 Å². The predicted molar refractivity (Wildman–Crippen MR) is 122 cm³/mol. The third-order valence-electron chi connectivity index (χ3n) is 5.77. The number of benzene rings is 2. The molecule has 0 saturated carbocycles. The van der Waals surface area contributed by atoms with Gasteiger partial charge in [-0.05, 0) is 19.0 Å². The van der Waals surface area contributed by atoms with Gasteiger partial charge in [0.2, 0.25) is 0 Å². The van der Waals surface area contributed by atoms with Crippen molar-refractivity contribution >= 4 is 10.9 Å². The third-order valence-corrected chi connectivity index (χ3v) is 5.77. The number of hydrogen-bond acceptors (Lipinski definition) is 6. The van der Waals surface area contributed by atoms with Gasteiger partial charge in [-0.25, -0.2) is 0 Å². The molecule has 2 aromatic carbocycles. The van der Waals surface area contributed by atoms with Gasteiger partial charge in [-0.15, -0.1) is 0 Å². The molecule has 1 fully saturated rings. The van der Waals surface area contributed by atoms with Gasteiger partial charge >= 0.3 is 0 Å². The molecular weight excluding hydrogens is 394 g/mol. The predicted octanol–water partition coefficient (Wildman–Crippen LogP) is 2.93. The molecule has 0 aliphatic carbocycles. The van der Waals surface area contributed by atoms with Crippen LogP contribution in [0, 0.1) is 0 Å². The zero-order valence-electron chi connectivity index (χ0n) is 18.1. The Morgan fingerprint density at radius 1 is 1.10 bits per heavy atom. The van der Waals surface area contributed by atoms with Crippen molar-refractivity contribution in [1.29, 1.82) is 0 Å². The average molecular weight is 424 g/mol. The van der Waals surface area contributed by atoms with E-state index in [0.29, 0.717) is 29.3 Å². The molecular formula is C24H29N3O4. The molecule has 31 heavy (non-hydrogen) atoms. The zero-order valence-corrected chi connectivity index (χ0v) is 18.1. The molecule has 0 amide bonds. The normalized spacial score (nSPS) is 15.3. The fourth-order valence-electron chi connectivity index (χ4n) is 3.99. The van der Waals surface area contributed by atoms with Crippen LogP contribution < -0.4 is 14.9 Å². The Kier molecular flexibility index (Phi) is 6.44. The first-order valence-corrected chi connectivity index (χ1v) is 10.6. The topological polar surface area (TPSA) is 78.0 Å². The van der Waals surface area contributed by atoms with Crippen LogP contribution in [-0.2, 0) is 0 Å². The highest BCUT2D eigenvalue weighted by molar-refractivity contribution is 5.93. The number of aromatic nitrogens is 1. The van der Waals surface area contributed by atoms with Crippen LogP contribution in [-0.4, -0.2) is 73.4 Å². The number of pyridine rings is 1. The lowest BCUT2D eigenvalue weighted by Crippen LogP contribution is -2.44. The fraction of sp³-hybridized carbons (Fsp3) is 0.375. The van der Waals surface area contributed by atoms with E-state index >= 15 is 0 Å². The summed E-state index contributed by atoms with van der Waals surface area (Å²) in [6.45, 7) is 5.77. The van der Waals surface area contributed by atoms with Gasteiger partial charge in [0.05, 0.1) is 19.1 Å². The lowest BCUT2D eigenvalue weighted by molar-refractivity contribution is 0.145. The third kappa shape index (κ3) is 4.68. The Balaban J connectivity index is 1.56. The molecule has 1 aliphatic rings. The molecule has 1 aliphatic heterocycles. The number of methoxy groups -OCH3 is 1. The summed E-state index contributed by atoms with van der Waals surface area (Å²) in [6.07, 6.45) is 0.867. The Hall–Kier alpha value is -3.03. The lowest BCUT2D eigenvalue weighted by atomic mass is 10.1. The molecule has 4 rings (SSSR count). The summed E-state index contributed by atoms with van der Waals surface area (Å²) in [6, 6.07) is 12.5. The molecule has 0 atom stereocenters. The van der Waals surface area contributed by atoms with Crippen molar-refractivity contribution in [2.24, 2.45) is 0 Å². The van der Waals surface area contributed by atoms with Crippen molar-refractivity contribution in [1.82, 2.24) is 14.8 Å². The summed E-state index contributed by atoms with van der Waals surface area (Å²) < 4.78 is 11.6. The van der Waals surface area contributed by atoms with E-state index < -0.39 is 0 Å². The van der Waals surface area contributed by atoms with Crippen LogP contribution in [0.25, 0.3) is 22.2 Å². The SMILES string of the molecule is COc1c(OCCCN2CCN(C)CC2)cc(O)c2c(=O)cc(-c3ccccc3)[nH]c12. The molecule has 0 radical (unpaired) electrons. The van der Waals surface area contributed by atoms with Gasteiger partial charge in [0.15, 0.2) is 16.9 Å². The molecule has 164 valence electrons. The number of likely N-dealkylation sites (N-methyl/N-ethyl adjacent to an activating group) is 1. The van der Waals surface area contributed by atoms with E-state index in [1.54, 1.807) is 0 Å². The van der Waals surface area contributed by atoms with Crippen LogP contribution >= 0.6 is 0 Å². The maximum absolute atomic E-state index is 12.7. The van der Waals surface area contributed by atoms with Crippen molar-refractivity contribution < 1.29 is 14.6 Å². The van der Waals surface area contributed by atoms with E-state index in [4.69, 9.17) is 9.47 Å². The summed E-state index contributed by atoms with van der Waals surface area (Å²) in [5.74, 6) is 0.722. The summed E-state index contributed by atoms with van der Waals surface area (Å²) in [4.78, 5) is 20.8. The number of ether oxygens (including phenoxy) is 2. The second-order valence-electron chi connectivity index (χ2n) is 7.94. The molecule has 7 nitrogen and oxygen atoms in total. The number of aromatic hydroxyl groups is 1. The summed E-state index contributed by atoms with van der Waals surface area (Å²) in [5.41, 5.74) is 1.69. The first-order chi connectivity index (χ1) is 15.1. The number of rotatable bonds is 7. The highest BCUT2D eigenvalue weighted by atomic mass is 16.5. The number of phenolic OH excluding ortho intramolecular Hbond substituents is 1. The van der Waals surface area contributed by atoms with Crippen molar-refractivity contribution in [3.8, 4) is 28.5 Å². The second-order valence-corrected chi connectivity index (χ2v) is 7.94. The van der Waals surface area contributed by atoms with E-state index in [0.717, 1.165) is 44.7 Å². The van der Waals surface area contributed by atoms with E-state index in [2.05, 4.69) is 21.8 Å². The van der Waals surface area contributed by atoms with Crippen molar-refractivity contribution in [2.45, 2.75) is 6.42 Å². The molecule has 0 spiro atoms. The van der Waals surface area contributed by atoms with Crippen LogP contribution in [0.2, 0.25) is 0 Å². The highest BCUT2D eigenvalue weighted by Crippen LogP contribution is 2.39. The van der Waals surface area contributed by atoms with E-state index in [-0.39, 0.29) is 16.6 Å². The molecule has 1 saturated heterocycles. The number of H-pyrrole nitrogens is 1. The highest BCUT2D eigenvalue weighted by Gasteiger charge is 2.19. The number of nitrogens with zero attached hydrogens (tertiary/aromatic N) is 2. The minimum Gasteiger partial charge on any atom is -0.507 e. The van der Waals surface area contributed by atoms with Gasteiger partial charge in [0.1, 0.15) is 11.3 Å². The molecule has 3 aromatic rings. The van der Waals surface area contributed by atoms with Crippen LogP contribution in [0.3, 0.4) is 0 Å². The van der Waals surface area contributed by atoms with Crippen LogP contribution in [0.4, 0.5) is 0 Å². The minimum absolute atomic E-state index is 0.120. The van der Waals surface area contributed by atoms with Crippen LogP contribution in [0.5, 0.6) is 17.2 Å². The molecule has 1 aromatic heterocycles. The number of piperazine rings is 1. The average Bonchev–Trinajstić information content (AvgIpc) is 2.78. The Morgan fingerprint density at radius 3 is 2.55 bits per heavy atom. The van der Waals surface area contributed by atoms with Crippen molar-refractivity contribution in [3.63, 3.8) is 0 Å². The molecule has 2 N–H and O–H groups in total. The lowest BCUT2D eigenvalue weighted by Gasteiger charge is -2.32. The van der Waals surface area contributed by atoms with Gasteiger partial charge in [-0.2, -0.15) is 0 Å². The summed E-state index contributed by atoms with van der Waals surface area (Å²) in [5, 5.41) is 10.7. The molecule has 2 heterocycles. The molecule has 0 unspecified atom stereocenters. The quantitative estimate of drug-likeness (QED) is 0.569. The van der Waals surface area contributed by atoms with E-state index in [1.807, 2.05) is 30.3 Å². The van der Waals surface area contributed by atoms with E-state index in [9.17, 15) is 9.90 Å². The fourth-order valence-corrected chi connectivity index (χ4v) is 3.99. The summed E-state index contributed by atoms with van der Waals surface area (Å²) >= 11 is 0. The van der Waals surface area contributed by atoms with Crippen LogP contribution in [0.15, 0.2) is 47.3 Å². The minimum atomic E-state index is -0.273. The maximum Gasteiger partial charge on any atom is 0.193 e. The number of aromatic amines is 1. The Bertz CT molecular complexity index is 1090. The van der Waals surface area contributed by atoms with E-state index in [1.165, 1.54) is 19.2 Å². The van der Waals surface area contributed by atoms with Gasteiger partial charge in [-0.1, -0.05) is 30.3 Å². The zero-order chi connectivity index (χ0) is 21.8. The Morgan fingerprint density at radius 2 is 1.84 bits per heavy atom. The Labute approximate surface area is 181 Å². The number of phenols is 1. The number of hydrogen-bond donors (Lipinski definition) is 2. The monoisotopic (exact) mass is 423 g/mol. The largest absolute Gasteiger partial charge is 0.507 e. The van der Waals surface area contributed by atoms with Gasteiger partial charge < -0.3 is 29.4 Å².